The van der Waals surface area contributed by atoms with Crippen molar-refractivity contribution in [3.05, 3.63) is 34.3 Å². The topological polar surface area (TPSA) is 68.8 Å². The second-order valence-electron chi connectivity index (χ2n) is 3.90. The summed E-state index contributed by atoms with van der Waals surface area (Å²) in [4.78, 5) is 0. The minimum absolute atomic E-state index is 0.623. The van der Waals surface area contributed by atoms with Gasteiger partial charge in [0.15, 0.2) is 5.82 Å². The van der Waals surface area contributed by atoms with Crippen LogP contribution >= 0.6 is 15.9 Å². The first kappa shape index (κ1) is 11.9. The number of nitrogens with zero attached hydrogens (tertiary/aromatic N) is 3. The summed E-state index contributed by atoms with van der Waals surface area (Å²) >= 11 is 3.48. The first-order valence-corrected chi connectivity index (χ1v) is 5.99. The van der Waals surface area contributed by atoms with Gasteiger partial charge in [-0.2, -0.15) is 0 Å². The molecule has 1 heterocycles. The summed E-state index contributed by atoms with van der Waals surface area (Å²) in [5.41, 5.74) is 8.65. The standard InChI is InChI=1S/C11H14BrN5/c1-7-3-10(8(12)4-9(7)13)14-5-11-16-15-6-17(11)2/h3-4,6,14H,5,13H2,1-2H3. The predicted molar refractivity (Wildman–Crippen MR) is 71.6 cm³/mol. The van der Waals surface area contributed by atoms with Gasteiger partial charge in [0.05, 0.1) is 6.54 Å². The van der Waals surface area contributed by atoms with Crippen LogP contribution in [0.3, 0.4) is 0 Å². The molecule has 5 nitrogen and oxygen atoms in total. The van der Waals surface area contributed by atoms with E-state index >= 15 is 0 Å². The number of aryl methyl sites for hydroxylation is 2. The van der Waals surface area contributed by atoms with Crippen molar-refractivity contribution in [2.24, 2.45) is 7.05 Å². The van der Waals surface area contributed by atoms with Gasteiger partial charge in [0.25, 0.3) is 0 Å². The Labute approximate surface area is 108 Å². The van der Waals surface area contributed by atoms with Crippen LogP contribution in [0.25, 0.3) is 0 Å². The molecule has 0 aliphatic heterocycles. The van der Waals surface area contributed by atoms with Crippen molar-refractivity contribution >= 4 is 27.3 Å². The van der Waals surface area contributed by atoms with E-state index in [9.17, 15) is 0 Å². The third-order valence-electron chi connectivity index (χ3n) is 2.60. The molecule has 0 unspecified atom stereocenters. The number of hydrogen-bond acceptors (Lipinski definition) is 4. The third kappa shape index (κ3) is 2.58. The number of halogens is 1. The highest BCUT2D eigenvalue weighted by atomic mass is 79.9. The zero-order valence-corrected chi connectivity index (χ0v) is 11.3. The molecule has 0 bridgehead atoms. The fraction of sp³-hybridized carbons (Fsp3) is 0.273. The Morgan fingerprint density at radius 1 is 1.47 bits per heavy atom. The fourth-order valence-electron chi connectivity index (χ4n) is 1.47. The van der Waals surface area contributed by atoms with Crippen molar-refractivity contribution in [2.75, 3.05) is 11.1 Å². The molecule has 0 atom stereocenters. The average molecular weight is 296 g/mol. The third-order valence-corrected chi connectivity index (χ3v) is 3.25. The fourth-order valence-corrected chi connectivity index (χ4v) is 1.98. The Morgan fingerprint density at radius 3 is 2.88 bits per heavy atom. The predicted octanol–water partition coefficient (Wildman–Crippen LogP) is 2.08. The molecule has 0 fully saturated rings. The largest absolute Gasteiger partial charge is 0.398 e. The van der Waals surface area contributed by atoms with Gasteiger partial charge in [-0.05, 0) is 40.5 Å². The van der Waals surface area contributed by atoms with Crippen LogP contribution in [0, 0.1) is 6.92 Å². The lowest BCUT2D eigenvalue weighted by Crippen LogP contribution is -2.06. The van der Waals surface area contributed by atoms with E-state index in [1.165, 1.54) is 0 Å². The second-order valence-corrected chi connectivity index (χ2v) is 4.75. The van der Waals surface area contributed by atoms with Crippen molar-refractivity contribution in [3.63, 3.8) is 0 Å². The quantitative estimate of drug-likeness (QED) is 0.851. The van der Waals surface area contributed by atoms with Crippen molar-refractivity contribution in [1.29, 1.82) is 0 Å². The van der Waals surface area contributed by atoms with Crippen LogP contribution in [-0.2, 0) is 13.6 Å². The van der Waals surface area contributed by atoms with Crippen LogP contribution in [-0.4, -0.2) is 14.8 Å². The van der Waals surface area contributed by atoms with Crippen molar-refractivity contribution < 1.29 is 0 Å². The summed E-state index contributed by atoms with van der Waals surface area (Å²) in [6, 6.07) is 3.91. The molecule has 3 N–H and O–H groups in total. The van der Waals surface area contributed by atoms with E-state index in [0.717, 1.165) is 27.2 Å². The van der Waals surface area contributed by atoms with Gasteiger partial charge in [-0.3, -0.25) is 0 Å². The van der Waals surface area contributed by atoms with Crippen molar-refractivity contribution in [1.82, 2.24) is 14.8 Å². The molecule has 0 amide bonds. The van der Waals surface area contributed by atoms with Gasteiger partial charge in [-0.25, -0.2) is 0 Å². The van der Waals surface area contributed by atoms with Gasteiger partial charge < -0.3 is 15.6 Å². The number of benzene rings is 1. The zero-order chi connectivity index (χ0) is 12.4. The summed E-state index contributed by atoms with van der Waals surface area (Å²) in [5, 5.41) is 11.1. The lowest BCUT2D eigenvalue weighted by atomic mass is 10.2. The molecule has 0 saturated carbocycles. The van der Waals surface area contributed by atoms with E-state index < -0.39 is 0 Å². The molecule has 17 heavy (non-hydrogen) atoms. The summed E-state index contributed by atoms with van der Waals surface area (Å²) in [6.45, 7) is 2.60. The molecule has 0 radical (unpaired) electrons. The van der Waals surface area contributed by atoms with Crippen molar-refractivity contribution in [2.45, 2.75) is 13.5 Å². The lowest BCUT2D eigenvalue weighted by molar-refractivity contribution is 0.812. The van der Waals surface area contributed by atoms with E-state index in [-0.39, 0.29) is 0 Å². The maximum Gasteiger partial charge on any atom is 0.151 e. The highest BCUT2D eigenvalue weighted by Crippen LogP contribution is 2.27. The maximum atomic E-state index is 5.82. The van der Waals surface area contributed by atoms with E-state index in [4.69, 9.17) is 5.73 Å². The molecule has 0 saturated heterocycles. The monoisotopic (exact) mass is 295 g/mol. The molecule has 2 rings (SSSR count). The minimum atomic E-state index is 0.623. The van der Waals surface area contributed by atoms with Gasteiger partial charge in [-0.1, -0.05) is 0 Å². The molecular weight excluding hydrogens is 282 g/mol. The Morgan fingerprint density at radius 2 is 2.24 bits per heavy atom. The Kier molecular flexibility index (Phi) is 3.33. The van der Waals surface area contributed by atoms with E-state index in [0.29, 0.717) is 6.54 Å². The molecule has 2 aromatic rings. The molecule has 90 valence electrons. The van der Waals surface area contributed by atoms with E-state index in [1.54, 1.807) is 6.33 Å². The molecule has 0 spiro atoms. The summed E-state index contributed by atoms with van der Waals surface area (Å²) in [6.07, 6.45) is 1.68. The van der Waals surface area contributed by atoms with Crippen LogP contribution in [0.4, 0.5) is 11.4 Å². The zero-order valence-electron chi connectivity index (χ0n) is 9.74. The normalized spacial score (nSPS) is 10.5. The van der Waals surface area contributed by atoms with Gasteiger partial charge in [0.1, 0.15) is 6.33 Å². The van der Waals surface area contributed by atoms with Crippen LogP contribution in [0.2, 0.25) is 0 Å². The van der Waals surface area contributed by atoms with Gasteiger partial charge in [0.2, 0.25) is 0 Å². The highest BCUT2D eigenvalue weighted by Gasteiger charge is 2.05. The summed E-state index contributed by atoms with van der Waals surface area (Å²) in [7, 11) is 1.92. The summed E-state index contributed by atoms with van der Waals surface area (Å²) < 4.78 is 2.83. The number of nitrogen functional groups attached to an aromatic ring is 1. The van der Waals surface area contributed by atoms with Crippen LogP contribution in [0.1, 0.15) is 11.4 Å². The van der Waals surface area contributed by atoms with Crippen LogP contribution < -0.4 is 11.1 Å². The molecule has 0 aliphatic rings. The van der Waals surface area contributed by atoms with Crippen LogP contribution in [0.15, 0.2) is 22.9 Å². The first-order valence-electron chi connectivity index (χ1n) is 5.20. The maximum absolute atomic E-state index is 5.82. The SMILES string of the molecule is Cc1cc(NCc2nncn2C)c(Br)cc1N. The molecular formula is C11H14BrN5. The minimum Gasteiger partial charge on any atom is -0.398 e. The molecule has 0 aliphatic carbocycles. The number of nitrogens with one attached hydrogen (secondary N) is 1. The molecule has 1 aromatic heterocycles. The van der Waals surface area contributed by atoms with E-state index in [1.807, 2.05) is 30.7 Å². The number of aromatic nitrogens is 3. The molecule has 6 heteroatoms. The highest BCUT2D eigenvalue weighted by molar-refractivity contribution is 9.10. The second kappa shape index (κ2) is 4.75. The van der Waals surface area contributed by atoms with E-state index in [2.05, 4.69) is 31.4 Å². The number of rotatable bonds is 3. The number of nitrogens with two attached hydrogens (primary N) is 1. The van der Waals surface area contributed by atoms with Crippen molar-refractivity contribution in [3.8, 4) is 0 Å². The molecule has 1 aromatic carbocycles. The van der Waals surface area contributed by atoms with Gasteiger partial charge in [0, 0.05) is 22.9 Å². The number of anilines is 2. The first-order chi connectivity index (χ1) is 8.08. The average Bonchev–Trinajstić information content (AvgIpc) is 2.68. The Bertz CT molecular complexity index is 535. The smallest absolute Gasteiger partial charge is 0.151 e. The van der Waals surface area contributed by atoms with Gasteiger partial charge >= 0.3 is 0 Å². The summed E-state index contributed by atoms with van der Waals surface area (Å²) in [5.74, 6) is 0.881. The van der Waals surface area contributed by atoms with Gasteiger partial charge in [-0.15, -0.1) is 10.2 Å². The Balaban J connectivity index is 2.14. The van der Waals surface area contributed by atoms with Crippen LogP contribution in [0.5, 0.6) is 0 Å². The lowest BCUT2D eigenvalue weighted by Gasteiger charge is -2.10. The number of hydrogen-bond donors (Lipinski definition) is 2. The Hall–Kier alpha value is -1.56.